The van der Waals surface area contributed by atoms with E-state index >= 15 is 0 Å². The monoisotopic (exact) mass is 374 g/mol. The summed E-state index contributed by atoms with van der Waals surface area (Å²) >= 11 is 0. The molecule has 0 spiro atoms. The number of hydrogen-bond acceptors (Lipinski definition) is 5. The largest absolute Gasteiger partial charge is 0.464 e. The number of carbonyl (C=O) groups is 2. The van der Waals surface area contributed by atoms with Crippen LogP contribution < -0.4 is 4.72 Å². The van der Waals surface area contributed by atoms with Crippen molar-refractivity contribution in [2.24, 2.45) is 0 Å². The highest BCUT2D eigenvalue weighted by molar-refractivity contribution is 7.92. The number of aromatic nitrogens is 1. The van der Waals surface area contributed by atoms with Crippen LogP contribution in [-0.4, -0.2) is 37.3 Å². The summed E-state index contributed by atoms with van der Waals surface area (Å²) in [6.45, 7) is 0. The highest BCUT2D eigenvalue weighted by atomic mass is 32.2. The number of carboxylic acid groups (broad SMARTS) is 1. The van der Waals surface area contributed by atoms with Gasteiger partial charge in [0.15, 0.2) is 0 Å². The van der Waals surface area contributed by atoms with Crippen LogP contribution in [0.15, 0.2) is 59.5 Å². The fraction of sp³-hybridized carbons (Fsp3) is 0.0588. The predicted octanol–water partition coefficient (Wildman–Crippen LogP) is 2.75. The number of carbonyl (C=O) groups excluding carboxylic acids is 1. The van der Waals surface area contributed by atoms with Gasteiger partial charge in [-0.3, -0.25) is 4.72 Å². The molecule has 0 amide bonds. The quantitative estimate of drug-likeness (QED) is 0.679. The van der Waals surface area contributed by atoms with Crippen molar-refractivity contribution >= 4 is 38.7 Å². The molecule has 3 rings (SSSR count). The lowest BCUT2D eigenvalue weighted by Gasteiger charge is -2.09. The van der Waals surface area contributed by atoms with Gasteiger partial charge in [0.25, 0.3) is 10.0 Å². The Morgan fingerprint density at radius 2 is 1.77 bits per heavy atom. The third-order valence-electron chi connectivity index (χ3n) is 3.70. The average molecular weight is 374 g/mol. The Hall–Kier alpha value is -3.33. The molecule has 1 heterocycles. The second-order valence-corrected chi connectivity index (χ2v) is 7.01. The first-order valence-electron chi connectivity index (χ1n) is 7.38. The Balaban J connectivity index is 2.08. The molecule has 3 aromatic rings. The molecule has 8 nitrogen and oxygen atoms in total. The van der Waals surface area contributed by atoms with Crippen molar-refractivity contribution in [3.63, 3.8) is 0 Å². The van der Waals surface area contributed by atoms with E-state index in [0.29, 0.717) is 5.39 Å². The van der Waals surface area contributed by atoms with Crippen LogP contribution in [-0.2, 0) is 14.8 Å². The summed E-state index contributed by atoms with van der Waals surface area (Å²) in [4.78, 5) is 23.4. The first kappa shape index (κ1) is 17.5. The van der Waals surface area contributed by atoms with Crippen molar-refractivity contribution < 1.29 is 27.9 Å². The molecule has 0 atom stereocenters. The molecule has 0 aliphatic rings. The number of fused-ring (bicyclic) bond motifs is 1. The highest BCUT2D eigenvalue weighted by Crippen LogP contribution is 2.25. The van der Waals surface area contributed by atoms with Gasteiger partial charge in [0, 0.05) is 5.39 Å². The summed E-state index contributed by atoms with van der Waals surface area (Å²) in [7, 11) is -2.68. The normalized spacial score (nSPS) is 11.3. The van der Waals surface area contributed by atoms with Crippen LogP contribution in [0.3, 0.4) is 0 Å². The summed E-state index contributed by atoms with van der Waals surface area (Å²) in [6.07, 6.45) is -1.39. The summed E-state index contributed by atoms with van der Waals surface area (Å²) in [5.41, 5.74) is 0.155. The lowest BCUT2D eigenvalue weighted by Crippen LogP contribution is -2.16. The van der Waals surface area contributed by atoms with Crippen LogP contribution in [0.2, 0.25) is 0 Å². The molecule has 26 heavy (non-hydrogen) atoms. The fourth-order valence-corrected chi connectivity index (χ4v) is 3.61. The number of anilines is 1. The van der Waals surface area contributed by atoms with Gasteiger partial charge in [-0.05, 0) is 30.3 Å². The van der Waals surface area contributed by atoms with E-state index in [4.69, 9.17) is 0 Å². The van der Waals surface area contributed by atoms with Gasteiger partial charge in [0.2, 0.25) is 0 Å². The molecule has 1 aromatic heterocycles. The van der Waals surface area contributed by atoms with Crippen LogP contribution in [0.4, 0.5) is 10.5 Å². The molecule has 0 radical (unpaired) electrons. The minimum atomic E-state index is -3.83. The maximum absolute atomic E-state index is 12.4. The standard InChI is InChI=1S/C17H14N2O6S/c1-25-16(20)15-9-11-7-8-12(10-14(11)19(15)17(21)22)18-26(23,24)13-5-3-2-4-6-13/h2-10,18H,1H3,(H,21,22). The summed E-state index contributed by atoms with van der Waals surface area (Å²) in [5.74, 6) is -0.810. The number of nitrogens with zero attached hydrogens (tertiary/aromatic N) is 1. The van der Waals surface area contributed by atoms with Crippen molar-refractivity contribution in [1.82, 2.24) is 4.57 Å². The number of rotatable bonds is 4. The van der Waals surface area contributed by atoms with Gasteiger partial charge in [0.1, 0.15) is 5.69 Å². The van der Waals surface area contributed by atoms with E-state index in [9.17, 15) is 23.1 Å². The Morgan fingerprint density at radius 3 is 2.38 bits per heavy atom. The van der Waals surface area contributed by atoms with Gasteiger partial charge >= 0.3 is 12.1 Å². The summed E-state index contributed by atoms with van der Waals surface area (Å²) in [5, 5.41) is 9.87. The third-order valence-corrected chi connectivity index (χ3v) is 5.09. The molecular weight excluding hydrogens is 360 g/mol. The van der Waals surface area contributed by atoms with Gasteiger partial charge in [-0.25, -0.2) is 22.6 Å². The molecule has 0 fully saturated rings. The van der Waals surface area contributed by atoms with Crippen molar-refractivity contribution in [3.05, 3.63) is 60.3 Å². The Labute approximate surface area is 148 Å². The molecule has 0 saturated carbocycles. The Kier molecular flexibility index (Phi) is 4.39. The molecule has 0 saturated heterocycles. The molecule has 0 aliphatic carbocycles. The predicted molar refractivity (Wildman–Crippen MR) is 94.0 cm³/mol. The van der Waals surface area contributed by atoms with E-state index < -0.39 is 22.1 Å². The molecule has 134 valence electrons. The average Bonchev–Trinajstić information content (AvgIpc) is 3.00. The van der Waals surface area contributed by atoms with Gasteiger partial charge in [-0.2, -0.15) is 0 Å². The Morgan fingerprint density at radius 1 is 1.08 bits per heavy atom. The van der Waals surface area contributed by atoms with Crippen LogP contribution in [0.1, 0.15) is 10.5 Å². The second-order valence-electron chi connectivity index (χ2n) is 5.33. The van der Waals surface area contributed by atoms with Crippen LogP contribution in [0, 0.1) is 0 Å². The van der Waals surface area contributed by atoms with Gasteiger partial charge in [-0.15, -0.1) is 0 Å². The Bertz CT molecular complexity index is 1100. The molecule has 0 aliphatic heterocycles. The van der Waals surface area contributed by atoms with E-state index in [-0.39, 0.29) is 21.8 Å². The SMILES string of the molecule is COC(=O)c1cc2ccc(NS(=O)(=O)c3ccccc3)cc2n1C(=O)O. The maximum Gasteiger partial charge on any atom is 0.416 e. The second kappa shape index (κ2) is 6.52. The zero-order valence-corrected chi connectivity index (χ0v) is 14.4. The maximum atomic E-state index is 12.4. The molecule has 2 aromatic carbocycles. The number of methoxy groups -OCH3 is 1. The van der Waals surface area contributed by atoms with Crippen LogP contribution >= 0.6 is 0 Å². The molecule has 0 bridgehead atoms. The van der Waals surface area contributed by atoms with E-state index in [1.54, 1.807) is 18.2 Å². The number of benzene rings is 2. The van der Waals surface area contributed by atoms with Crippen LogP contribution in [0.5, 0.6) is 0 Å². The van der Waals surface area contributed by atoms with Crippen molar-refractivity contribution in [3.8, 4) is 0 Å². The zero-order chi connectivity index (χ0) is 18.9. The summed E-state index contributed by atoms with van der Waals surface area (Å²) in [6, 6.07) is 13.5. The lowest BCUT2D eigenvalue weighted by molar-refractivity contribution is 0.0588. The van der Waals surface area contributed by atoms with Crippen LogP contribution in [0.25, 0.3) is 10.9 Å². The molecule has 0 unspecified atom stereocenters. The van der Waals surface area contributed by atoms with Crippen molar-refractivity contribution in [2.75, 3.05) is 11.8 Å². The van der Waals surface area contributed by atoms with E-state index in [1.165, 1.54) is 36.4 Å². The fourth-order valence-electron chi connectivity index (χ4n) is 2.54. The van der Waals surface area contributed by atoms with Gasteiger partial charge < -0.3 is 9.84 Å². The number of ether oxygens (including phenoxy) is 1. The summed E-state index contributed by atoms with van der Waals surface area (Å²) < 4.78 is 32.6. The smallest absolute Gasteiger partial charge is 0.416 e. The highest BCUT2D eigenvalue weighted by Gasteiger charge is 2.21. The minimum absolute atomic E-state index is 0.0731. The molecule has 9 heteroatoms. The zero-order valence-electron chi connectivity index (χ0n) is 13.5. The van der Waals surface area contributed by atoms with Crippen molar-refractivity contribution in [2.45, 2.75) is 4.90 Å². The van der Waals surface area contributed by atoms with Gasteiger partial charge in [0.05, 0.1) is 23.2 Å². The topological polar surface area (TPSA) is 115 Å². The van der Waals surface area contributed by atoms with Gasteiger partial charge in [-0.1, -0.05) is 24.3 Å². The number of esters is 1. The third kappa shape index (κ3) is 3.11. The lowest BCUT2D eigenvalue weighted by atomic mass is 10.2. The first-order valence-corrected chi connectivity index (χ1v) is 8.87. The minimum Gasteiger partial charge on any atom is -0.464 e. The number of nitrogens with one attached hydrogen (secondary N) is 1. The first-order chi connectivity index (χ1) is 12.3. The number of hydrogen-bond donors (Lipinski definition) is 2. The number of sulfonamides is 1. The van der Waals surface area contributed by atoms with Crippen molar-refractivity contribution in [1.29, 1.82) is 0 Å². The van der Waals surface area contributed by atoms with E-state index in [1.807, 2.05) is 0 Å². The molecule has 2 N–H and O–H groups in total. The molecular formula is C17H14N2O6S. The van der Waals surface area contributed by atoms with E-state index in [2.05, 4.69) is 9.46 Å². The van der Waals surface area contributed by atoms with E-state index in [0.717, 1.165) is 11.7 Å².